The Morgan fingerprint density at radius 3 is 2.50 bits per heavy atom. The Hall–Kier alpha value is -1.63. The van der Waals surface area contributed by atoms with Gasteiger partial charge in [0.1, 0.15) is 0 Å². The molecule has 0 spiro atoms. The van der Waals surface area contributed by atoms with Crippen molar-refractivity contribution < 1.29 is 0 Å². The molecular formula is C13H17N. The van der Waals surface area contributed by atoms with Gasteiger partial charge in [-0.15, -0.1) is 13.2 Å². The SMILES string of the molecule is C=C.C=C/C(=C\C)c1ccnc(C)c1. The van der Waals surface area contributed by atoms with E-state index in [0.29, 0.717) is 0 Å². The molecule has 1 aromatic heterocycles. The van der Waals surface area contributed by atoms with E-state index < -0.39 is 0 Å². The van der Waals surface area contributed by atoms with E-state index in [1.54, 1.807) is 0 Å². The largest absolute Gasteiger partial charge is 0.262 e. The molecule has 0 fully saturated rings. The number of allylic oxidation sites excluding steroid dienone is 3. The number of aryl methyl sites for hydroxylation is 1. The van der Waals surface area contributed by atoms with Crippen molar-refractivity contribution in [1.29, 1.82) is 0 Å². The molecule has 0 aliphatic carbocycles. The van der Waals surface area contributed by atoms with E-state index in [1.807, 2.05) is 38.3 Å². The van der Waals surface area contributed by atoms with E-state index >= 15 is 0 Å². The van der Waals surface area contributed by atoms with Crippen molar-refractivity contribution in [2.45, 2.75) is 13.8 Å². The summed E-state index contributed by atoms with van der Waals surface area (Å²) in [6, 6.07) is 4.04. The van der Waals surface area contributed by atoms with E-state index in [9.17, 15) is 0 Å². The van der Waals surface area contributed by atoms with Gasteiger partial charge in [0.15, 0.2) is 0 Å². The first kappa shape index (κ1) is 12.4. The summed E-state index contributed by atoms with van der Waals surface area (Å²) in [5.74, 6) is 0. The zero-order valence-electron chi connectivity index (χ0n) is 8.96. The third kappa shape index (κ3) is 3.40. The van der Waals surface area contributed by atoms with Gasteiger partial charge in [-0.25, -0.2) is 0 Å². The van der Waals surface area contributed by atoms with Crippen LogP contribution in [0.5, 0.6) is 0 Å². The number of hydrogen-bond donors (Lipinski definition) is 0. The summed E-state index contributed by atoms with van der Waals surface area (Å²) in [5, 5.41) is 0. The number of rotatable bonds is 2. The van der Waals surface area contributed by atoms with E-state index in [1.165, 1.54) is 5.56 Å². The minimum Gasteiger partial charge on any atom is -0.262 e. The van der Waals surface area contributed by atoms with Gasteiger partial charge in [-0.3, -0.25) is 4.98 Å². The predicted octanol–water partition coefficient (Wildman–Crippen LogP) is 3.78. The Morgan fingerprint density at radius 1 is 1.43 bits per heavy atom. The average Bonchev–Trinajstić information content (AvgIpc) is 2.23. The Morgan fingerprint density at radius 2 is 2.07 bits per heavy atom. The molecule has 0 bridgehead atoms. The average molecular weight is 187 g/mol. The van der Waals surface area contributed by atoms with Gasteiger partial charge in [-0.05, 0) is 37.1 Å². The summed E-state index contributed by atoms with van der Waals surface area (Å²) in [5.41, 5.74) is 3.37. The molecule has 0 aromatic carbocycles. The molecule has 0 radical (unpaired) electrons. The minimum absolute atomic E-state index is 1.04. The number of nitrogens with zero attached hydrogens (tertiary/aromatic N) is 1. The Balaban J connectivity index is 0.000000791. The molecule has 0 saturated carbocycles. The van der Waals surface area contributed by atoms with Gasteiger partial charge in [-0.2, -0.15) is 0 Å². The van der Waals surface area contributed by atoms with Crippen molar-refractivity contribution in [3.63, 3.8) is 0 Å². The zero-order valence-corrected chi connectivity index (χ0v) is 8.96. The molecule has 14 heavy (non-hydrogen) atoms. The van der Waals surface area contributed by atoms with Crippen LogP contribution in [0.25, 0.3) is 5.57 Å². The maximum Gasteiger partial charge on any atom is 0.0378 e. The first-order chi connectivity index (χ1) is 6.77. The maximum atomic E-state index is 4.13. The lowest BCUT2D eigenvalue weighted by Crippen LogP contribution is -1.84. The zero-order chi connectivity index (χ0) is 11.0. The highest BCUT2D eigenvalue weighted by atomic mass is 14.6. The Kier molecular flexibility index (Phi) is 6.04. The molecule has 0 atom stereocenters. The highest BCUT2D eigenvalue weighted by Gasteiger charge is 1.95. The van der Waals surface area contributed by atoms with Crippen molar-refractivity contribution in [2.24, 2.45) is 0 Å². The summed E-state index contributed by atoms with van der Waals surface area (Å²) in [6.45, 7) is 13.7. The fourth-order valence-electron chi connectivity index (χ4n) is 1.13. The van der Waals surface area contributed by atoms with E-state index in [4.69, 9.17) is 0 Å². The summed E-state index contributed by atoms with van der Waals surface area (Å²) >= 11 is 0. The molecule has 1 rings (SSSR count). The third-order valence-corrected chi connectivity index (χ3v) is 1.76. The van der Waals surface area contributed by atoms with Crippen LogP contribution in [-0.2, 0) is 0 Å². The highest BCUT2D eigenvalue weighted by molar-refractivity contribution is 5.73. The van der Waals surface area contributed by atoms with Gasteiger partial charge in [-0.1, -0.05) is 18.7 Å². The maximum absolute atomic E-state index is 4.13. The topological polar surface area (TPSA) is 12.9 Å². The fourth-order valence-corrected chi connectivity index (χ4v) is 1.13. The van der Waals surface area contributed by atoms with Gasteiger partial charge in [0.2, 0.25) is 0 Å². The van der Waals surface area contributed by atoms with Gasteiger partial charge in [0.05, 0.1) is 0 Å². The summed E-state index contributed by atoms with van der Waals surface area (Å²) in [4.78, 5) is 4.13. The van der Waals surface area contributed by atoms with Crippen LogP contribution in [-0.4, -0.2) is 4.98 Å². The number of pyridine rings is 1. The second kappa shape index (κ2) is 6.84. The number of hydrogen-bond acceptors (Lipinski definition) is 1. The normalized spacial score (nSPS) is 10.0. The van der Waals surface area contributed by atoms with Crippen LogP contribution in [0.15, 0.2) is 50.2 Å². The molecule has 1 nitrogen and oxygen atoms in total. The molecule has 0 unspecified atom stereocenters. The van der Waals surface area contributed by atoms with Gasteiger partial charge < -0.3 is 0 Å². The van der Waals surface area contributed by atoms with Crippen LogP contribution in [0.2, 0.25) is 0 Å². The van der Waals surface area contributed by atoms with Crippen molar-refractivity contribution in [2.75, 3.05) is 0 Å². The molecule has 0 aliphatic rings. The van der Waals surface area contributed by atoms with E-state index in [-0.39, 0.29) is 0 Å². The number of aromatic nitrogens is 1. The van der Waals surface area contributed by atoms with Gasteiger partial charge in [0, 0.05) is 11.9 Å². The first-order valence-electron chi connectivity index (χ1n) is 4.49. The molecule has 0 N–H and O–H groups in total. The molecule has 0 aliphatic heterocycles. The Labute approximate surface area is 86.5 Å². The van der Waals surface area contributed by atoms with Crippen LogP contribution < -0.4 is 0 Å². The molecule has 74 valence electrons. The molecular weight excluding hydrogens is 170 g/mol. The molecule has 0 amide bonds. The molecule has 1 heteroatoms. The smallest absolute Gasteiger partial charge is 0.0378 e. The van der Waals surface area contributed by atoms with E-state index in [0.717, 1.165) is 11.3 Å². The second-order valence-corrected chi connectivity index (χ2v) is 2.63. The predicted molar refractivity (Wildman–Crippen MR) is 64.1 cm³/mol. The summed E-state index contributed by atoms with van der Waals surface area (Å²) in [6.07, 6.45) is 5.72. The van der Waals surface area contributed by atoms with Crippen LogP contribution in [0.3, 0.4) is 0 Å². The lowest BCUT2D eigenvalue weighted by atomic mass is 10.1. The van der Waals surface area contributed by atoms with Gasteiger partial charge in [0.25, 0.3) is 0 Å². The van der Waals surface area contributed by atoms with Crippen LogP contribution >= 0.6 is 0 Å². The second-order valence-electron chi connectivity index (χ2n) is 2.63. The third-order valence-electron chi connectivity index (χ3n) is 1.76. The van der Waals surface area contributed by atoms with Crippen LogP contribution in [0, 0.1) is 6.92 Å². The standard InChI is InChI=1S/C11H13N.C2H4/c1-4-10(5-2)11-6-7-12-9(3)8-11;1-2/h4-8H,1H2,2-3H3;1-2H2/b10-5+;. The van der Waals surface area contributed by atoms with Crippen LogP contribution in [0.4, 0.5) is 0 Å². The van der Waals surface area contributed by atoms with Crippen molar-refractivity contribution in [3.8, 4) is 0 Å². The Bertz CT molecular complexity index is 324. The van der Waals surface area contributed by atoms with Crippen molar-refractivity contribution in [3.05, 3.63) is 61.5 Å². The lowest BCUT2D eigenvalue weighted by molar-refractivity contribution is 1.19. The molecule has 0 saturated heterocycles. The fraction of sp³-hybridized carbons (Fsp3) is 0.154. The molecule has 1 heterocycles. The van der Waals surface area contributed by atoms with Crippen molar-refractivity contribution >= 4 is 5.57 Å². The monoisotopic (exact) mass is 187 g/mol. The minimum atomic E-state index is 1.04. The van der Waals surface area contributed by atoms with E-state index in [2.05, 4.69) is 30.8 Å². The summed E-state index contributed by atoms with van der Waals surface area (Å²) in [7, 11) is 0. The quantitative estimate of drug-likeness (QED) is 0.507. The molecule has 1 aromatic rings. The lowest BCUT2D eigenvalue weighted by Gasteiger charge is -2.01. The summed E-state index contributed by atoms with van der Waals surface area (Å²) < 4.78 is 0. The highest BCUT2D eigenvalue weighted by Crippen LogP contribution is 2.14. The van der Waals surface area contributed by atoms with Crippen molar-refractivity contribution in [1.82, 2.24) is 4.98 Å². The van der Waals surface area contributed by atoms with Crippen LogP contribution in [0.1, 0.15) is 18.2 Å². The van der Waals surface area contributed by atoms with Gasteiger partial charge >= 0.3 is 0 Å². The first-order valence-corrected chi connectivity index (χ1v) is 4.49.